The van der Waals surface area contributed by atoms with Gasteiger partial charge in [-0.05, 0) is 61.1 Å². The summed E-state index contributed by atoms with van der Waals surface area (Å²) >= 11 is 0. The number of nitro benzene ring substituents is 1. The van der Waals surface area contributed by atoms with E-state index < -0.39 is 4.92 Å². The molecule has 6 nitrogen and oxygen atoms in total. The molecule has 24 heavy (non-hydrogen) atoms. The Labute approximate surface area is 139 Å². The third-order valence-electron chi connectivity index (χ3n) is 4.15. The first-order chi connectivity index (χ1) is 11.5. The Balaban J connectivity index is 1.72. The summed E-state index contributed by atoms with van der Waals surface area (Å²) in [7, 11) is 0. The number of nitro groups is 1. The molecular weight excluding hydrogens is 308 g/mol. The number of nitrogens with zero attached hydrogens (tertiary/aromatic N) is 2. The molecule has 0 saturated heterocycles. The Morgan fingerprint density at radius 3 is 2.71 bits per heavy atom. The van der Waals surface area contributed by atoms with Gasteiger partial charge in [0.2, 0.25) is 0 Å². The SMILES string of the molecule is Cc1cc2c(cc1O)/C(=N/OCc1ccc([N+](=O)[O-])cc1)CCC2. The number of aromatic hydroxyl groups is 1. The molecule has 0 saturated carbocycles. The van der Waals surface area contributed by atoms with Gasteiger partial charge in [0.05, 0.1) is 10.6 Å². The molecule has 0 fully saturated rings. The molecule has 0 radical (unpaired) electrons. The van der Waals surface area contributed by atoms with Crippen molar-refractivity contribution >= 4 is 11.4 Å². The molecule has 1 aliphatic rings. The number of benzene rings is 2. The van der Waals surface area contributed by atoms with E-state index in [0.717, 1.165) is 41.7 Å². The first kappa shape index (κ1) is 16.0. The highest BCUT2D eigenvalue weighted by Gasteiger charge is 2.18. The number of hydrogen-bond acceptors (Lipinski definition) is 5. The maximum Gasteiger partial charge on any atom is 0.269 e. The van der Waals surface area contributed by atoms with E-state index in [2.05, 4.69) is 5.16 Å². The van der Waals surface area contributed by atoms with Gasteiger partial charge in [0.25, 0.3) is 5.69 Å². The largest absolute Gasteiger partial charge is 0.508 e. The van der Waals surface area contributed by atoms with Crippen molar-refractivity contribution in [2.24, 2.45) is 5.16 Å². The first-order valence-electron chi connectivity index (χ1n) is 7.79. The Morgan fingerprint density at radius 2 is 2.00 bits per heavy atom. The second kappa shape index (κ2) is 6.70. The smallest absolute Gasteiger partial charge is 0.269 e. The van der Waals surface area contributed by atoms with Crippen molar-refractivity contribution in [3.05, 3.63) is 68.8 Å². The van der Waals surface area contributed by atoms with Gasteiger partial charge in [0.15, 0.2) is 0 Å². The van der Waals surface area contributed by atoms with Crippen LogP contribution in [0, 0.1) is 17.0 Å². The standard InChI is InChI=1S/C18H18N2O4/c1-12-9-14-3-2-4-17(16(14)10-18(12)21)19-24-11-13-5-7-15(8-6-13)20(22)23/h5-10,21H,2-4,11H2,1H3/b19-17+. The minimum atomic E-state index is -0.432. The lowest BCUT2D eigenvalue weighted by molar-refractivity contribution is -0.384. The molecule has 2 aromatic rings. The van der Waals surface area contributed by atoms with Gasteiger partial charge in [-0.25, -0.2) is 0 Å². The fraction of sp³-hybridized carbons (Fsp3) is 0.278. The number of oxime groups is 1. The molecule has 1 N–H and O–H groups in total. The zero-order valence-corrected chi connectivity index (χ0v) is 13.4. The molecule has 0 aromatic heterocycles. The molecule has 2 aromatic carbocycles. The van der Waals surface area contributed by atoms with Crippen molar-refractivity contribution in [3.8, 4) is 5.75 Å². The zero-order valence-electron chi connectivity index (χ0n) is 13.4. The van der Waals surface area contributed by atoms with Crippen LogP contribution in [0.1, 0.15) is 35.1 Å². The molecule has 0 heterocycles. The topological polar surface area (TPSA) is 85.0 Å². The average molecular weight is 326 g/mol. The molecule has 0 bridgehead atoms. The molecule has 1 aliphatic carbocycles. The number of non-ortho nitro benzene ring substituents is 1. The van der Waals surface area contributed by atoms with Crippen LogP contribution in [0.5, 0.6) is 5.75 Å². The molecule has 0 amide bonds. The van der Waals surface area contributed by atoms with Gasteiger partial charge in [-0.3, -0.25) is 10.1 Å². The van der Waals surface area contributed by atoms with E-state index in [9.17, 15) is 15.2 Å². The Kier molecular flexibility index (Phi) is 4.46. The van der Waals surface area contributed by atoms with E-state index in [4.69, 9.17) is 4.84 Å². The summed E-state index contributed by atoms with van der Waals surface area (Å²) in [4.78, 5) is 15.6. The normalized spacial score (nSPS) is 15.1. The van der Waals surface area contributed by atoms with Crippen molar-refractivity contribution in [1.29, 1.82) is 0 Å². The van der Waals surface area contributed by atoms with Crippen molar-refractivity contribution in [1.82, 2.24) is 0 Å². The van der Waals surface area contributed by atoms with E-state index in [-0.39, 0.29) is 18.0 Å². The minimum Gasteiger partial charge on any atom is -0.508 e. The van der Waals surface area contributed by atoms with Gasteiger partial charge in [-0.1, -0.05) is 11.2 Å². The van der Waals surface area contributed by atoms with Crippen molar-refractivity contribution in [2.75, 3.05) is 0 Å². The van der Waals surface area contributed by atoms with Crippen LogP contribution in [0.3, 0.4) is 0 Å². The second-order valence-electron chi connectivity index (χ2n) is 5.88. The van der Waals surface area contributed by atoms with Gasteiger partial charge in [0, 0.05) is 17.7 Å². The molecular formula is C18H18N2O4. The highest BCUT2D eigenvalue weighted by atomic mass is 16.6. The van der Waals surface area contributed by atoms with Crippen LogP contribution < -0.4 is 0 Å². The summed E-state index contributed by atoms with van der Waals surface area (Å²) < 4.78 is 0. The minimum absolute atomic E-state index is 0.0529. The van der Waals surface area contributed by atoms with E-state index in [1.165, 1.54) is 17.7 Å². The summed E-state index contributed by atoms with van der Waals surface area (Å²) in [5.74, 6) is 0.263. The molecule has 124 valence electrons. The summed E-state index contributed by atoms with van der Waals surface area (Å²) in [5.41, 5.74) is 4.67. The summed E-state index contributed by atoms with van der Waals surface area (Å²) in [6.45, 7) is 2.13. The van der Waals surface area contributed by atoms with Crippen molar-refractivity contribution in [2.45, 2.75) is 32.8 Å². The fourth-order valence-electron chi connectivity index (χ4n) is 2.81. The van der Waals surface area contributed by atoms with E-state index in [1.807, 2.05) is 13.0 Å². The van der Waals surface area contributed by atoms with Crippen LogP contribution in [-0.4, -0.2) is 15.7 Å². The maximum absolute atomic E-state index is 10.6. The molecule has 0 spiro atoms. The predicted molar refractivity (Wildman–Crippen MR) is 90.2 cm³/mol. The quantitative estimate of drug-likeness (QED) is 0.683. The van der Waals surface area contributed by atoms with Gasteiger partial charge < -0.3 is 9.94 Å². The van der Waals surface area contributed by atoms with Gasteiger partial charge in [0.1, 0.15) is 12.4 Å². The highest BCUT2D eigenvalue weighted by Crippen LogP contribution is 2.28. The number of phenolic OH excluding ortho intramolecular Hbond substituents is 1. The molecule has 0 atom stereocenters. The fourth-order valence-corrected chi connectivity index (χ4v) is 2.81. The van der Waals surface area contributed by atoms with Gasteiger partial charge in [-0.15, -0.1) is 0 Å². The van der Waals surface area contributed by atoms with Crippen LogP contribution >= 0.6 is 0 Å². The lowest BCUT2D eigenvalue weighted by atomic mass is 9.88. The molecule has 3 rings (SSSR count). The van der Waals surface area contributed by atoms with E-state index in [0.29, 0.717) is 0 Å². The van der Waals surface area contributed by atoms with Crippen LogP contribution in [0.25, 0.3) is 0 Å². The predicted octanol–water partition coefficient (Wildman–Crippen LogP) is 3.87. The van der Waals surface area contributed by atoms with Crippen LogP contribution in [-0.2, 0) is 17.9 Å². The van der Waals surface area contributed by atoms with E-state index >= 15 is 0 Å². The third-order valence-corrected chi connectivity index (χ3v) is 4.15. The zero-order chi connectivity index (χ0) is 17.1. The van der Waals surface area contributed by atoms with Gasteiger partial charge in [-0.2, -0.15) is 0 Å². The Morgan fingerprint density at radius 1 is 1.25 bits per heavy atom. The molecule has 0 aliphatic heterocycles. The molecule has 0 unspecified atom stereocenters. The average Bonchev–Trinajstić information content (AvgIpc) is 2.57. The van der Waals surface area contributed by atoms with Crippen LogP contribution in [0.4, 0.5) is 5.69 Å². The third kappa shape index (κ3) is 3.37. The number of fused-ring (bicyclic) bond motifs is 1. The van der Waals surface area contributed by atoms with Crippen LogP contribution in [0.15, 0.2) is 41.6 Å². The summed E-state index contributed by atoms with van der Waals surface area (Å²) in [6.07, 6.45) is 2.77. The van der Waals surface area contributed by atoms with Gasteiger partial charge >= 0.3 is 0 Å². The Hall–Kier alpha value is -2.89. The monoisotopic (exact) mass is 326 g/mol. The Bertz CT molecular complexity index is 797. The number of aryl methyl sites for hydroxylation is 2. The number of rotatable bonds is 4. The number of hydrogen-bond donors (Lipinski definition) is 1. The summed E-state index contributed by atoms with van der Waals surface area (Å²) in [6, 6.07) is 9.95. The summed E-state index contributed by atoms with van der Waals surface area (Å²) in [5, 5.41) is 24.8. The van der Waals surface area contributed by atoms with Crippen molar-refractivity contribution < 1.29 is 14.9 Å². The first-order valence-corrected chi connectivity index (χ1v) is 7.79. The lowest BCUT2D eigenvalue weighted by Gasteiger charge is -2.18. The second-order valence-corrected chi connectivity index (χ2v) is 5.88. The lowest BCUT2D eigenvalue weighted by Crippen LogP contribution is -2.12. The maximum atomic E-state index is 10.6. The highest BCUT2D eigenvalue weighted by molar-refractivity contribution is 6.02. The van der Waals surface area contributed by atoms with Crippen molar-refractivity contribution in [3.63, 3.8) is 0 Å². The van der Waals surface area contributed by atoms with E-state index in [1.54, 1.807) is 18.2 Å². The van der Waals surface area contributed by atoms with Crippen LogP contribution in [0.2, 0.25) is 0 Å². The molecule has 6 heteroatoms. The number of phenols is 1.